The Labute approximate surface area is 161 Å². The minimum atomic E-state index is -0.823. The van der Waals surface area contributed by atoms with Gasteiger partial charge in [0.15, 0.2) is 11.5 Å². The smallest absolute Gasteiger partial charge is 0.320 e. The minimum Gasteiger partial charge on any atom is -0.490 e. The van der Waals surface area contributed by atoms with Gasteiger partial charge in [0.25, 0.3) is 0 Å². The van der Waals surface area contributed by atoms with Crippen LogP contribution in [0.5, 0.6) is 11.5 Å². The average molecular weight is 371 g/mol. The Kier molecular flexibility index (Phi) is 8.14. The van der Waals surface area contributed by atoms with E-state index in [-0.39, 0.29) is 0 Å². The highest BCUT2D eigenvalue weighted by molar-refractivity contribution is 5.73. The number of carboxylic acid groups (broad SMARTS) is 1. The molecule has 1 unspecified atom stereocenters. The van der Waals surface area contributed by atoms with Crippen LogP contribution < -0.4 is 14.8 Å². The van der Waals surface area contributed by atoms with Crippen molar-refractivity contribution in [2.75, 3.05) is 6.61 Å². The maximum absolute atomic E-state index is 11.4. The van der Waals surface area contributed by atoms with Gasteiger partial charge in [-0.05, 0) is 42.5 Å². The Morgan fingerprint density at radius 1 is 1.04 bits per heavy atom. The van der Waals surface area contributed by atoms with Crippen LogP contribution in [0, 0.1) is 5.92 Å². The fourth-order valence-corrected chi connectivity index (χ4v) is 2.77. The van der Waals surface area contributed by atoms with Crippen molar-refractivity contribution < 1.29 is 19.4 Å². The minimum absolute atomic E-state index is 0.311. The van der Waals surface area contributed by atoms with Crippen molar-refractivity contribution in [3.05, 3.63) is 59.7 Å². The first-order valence-corrected chi connectivity index (χ1v) is 9.38. The van der Waals surface area contributed by atoms with Gasteiger partial charge in [0.2, 0.25) is 0 Å². The first kappa shape index (κ1) is 20.8. The van der Waals surface area contributed by atoms with Crippen molar-refractivity contribution in [1.82, 2.24) is 5.32 Å². The molecule has 0 aliphatic rings. The van der Waals surface area contributed by atoms with Gasteiger partial charge >= 0.3 is 5.97 Å². The summed E-state index contributed by atoms with van der Waals surface area (Å²) in [7, 11) is 0. The van der Waals surface area contributed by atoms with Crippen LogP contribution in [0.4, 0.5) is 0 Å². The van der Waals surface area contributed by atoms with Gasteiger partial charge < -0.3 is 19.9 Å². The number of carbonyl (C=O) groups is 1. The van der Waals surface area contributed by atoms with E-state index in [1.54, 1.807) is 0 Å². The number of ether oxygens (including phenoxy) is 2. The third-order valence-corrected chi connectivity index (χ3v) is 4.10. The van der Waals surface area contributed by atoms with E-state index in [4.69, 9.17) is 9.47 Å². The molecular weight excluding hydrogens is 342 g/mol. The Morgan fingerprint density at radius 3 is 2.41 bits per heavy atom. The van der Waals surface area contributed by atoms with Gasteiger partial charge in [0.05, 0.1) is 6.61 Å². The largest absolute Gasteiger partial charge is 0.490 e. The molecular formula is C22H29NO4. The predicted octanol–water partition coefficient (Wildman–Crippen LogP) is 4.25. The lowest BCUT2D eigenvalue weighted by Crippen LogP contribution is -2.37. The molecule has 2 N–H and O–H groups in total. The zero-order valence-electron chi connectivity index (χ0n) is 16.3. The van der Waals surface area contributed by atoms with E-state index < -0.39 is 12.0 Å². The number of aliphatic carboxylic acids is 1. The lowest BCUT2D eigenvalue weighted by Gasteiger charge is -2.18. The number of hydrogen-bond acceptors (Lipinski definition) is 4. The van der Waals surface area contributed by atoms with E-state index in [1.165, 1.54) is 0 Å². The van der Waals surface area contributed by atoms with Crippen molar-refractivity contribution in [3.8, 4) is 11.5 Å². The molecule has 5 heteroatoms. The standard InChI is InChI=1S/C22H29NO4/c1-4-26-21-13-18(14-23-19(22(24)25)12-16(2)3)10-11-20(21)27-15-17-8-6-5-7-9-17/h5-11,13,16,19,23H,4,12,14-15H2,1-3H3,(H,24,25). The summed E-state index contributed by atoms with van der Waals surface area (Å²) in [5, 5.41) is 12.5. The molecule has 5 nitrogen and oxygen atoms in total. The topological polar surface area (TPSA) is 67.8 Å². The van der Waals surface area contributed by atoms with E-state index in [1.807, 2.05) is 69.3 Å². The SMILES string of the molecule is CCOc1cc(CNC(CC(C)C)C(=O)O)ccc1OCc1ccccc1. The molecule has 27 heavy (non-hydrogen) atoms. The van der Waals surface area contributed by atoms with Crippen LogP contribution in [0.1, 0.15) is 38.3 Å². The molecule has 2 aromatic carbocycles. The quantitative estimate of drug-likeness (QED) is 0.618. The Bertz CT molecular complexity index is 716. The third kappa shape index (κ3) is 6.94. The van der Waals surface area contributed by atoms with Crippen molar-refractivity contribution in [3.63, 3.8) is 0 Å². The molecule has 2 rings (SSSR count). The predicted molar refractivity (Wildman–Crippen MR) is 106 cm³/mol. The van der Waals surface area contributed by atoms with Crippen molar-refractivity contribution in [1.29, 1.82) is 0 Å². The number of hydrogen-bond donors (Lipinski definition) is 2. The van der Waals surface area contributed by atoms with Gasteiger partial charge in [-0.15, -0.1) is 0 Å². The second-order valence-corrected chi connectivity index (χ2v) is 6.89. The van der Waals surface area contributed by atoms with E-state index in [0.29, 0.717) is 43.6 Å². The number of rotatable bonds is 11. The molecule has 0 heterocycles. The first-order chi connectivity index (χ1) is 13.0. The van der Waals surface area contributed by atoms with Crippen molar-refractivity contribution in [2.45, 2.75) is 46.4 Å². The fourth-order valence-electron chi connectivity index (χ4n) is 2.77. The second kappa shape index (κ2) is 10.6. The molecule has 1 atom stereocenters. The highest BCUT2D eigenvalue weighted by Crippen LogP contribution is 2.29. The summed E-state index contributed by atoms with van der Waals surface area (Å²) < 4.78 is 11.6. The van der Waals surface area contributed by atoms with E-state index in [0.717, 1.165) is 11.1 Å². The summed E-state index contributed by atoms with van der Waals surface area (Å²) >= 11 is 0. The monoisotopic (exact) mass is 371 g/mol. The van der Waals surface area contributed by atoms with E-state index in [9.17, 15) is 9.90 Å². The molecule has 0 aliphatic heterocycles. The Hall–Kier alpha value is -2.53. The van der Waals surface area contributed by atoms with E-state index >= 15 is 0 Å². The van der Waals surface area contributed by atoms with Crippen LogP contribution in [0.2, 0.25) is 0 Å². The van der Waals surface area contributed by atoms with Crippen molar-refractivity contribution >= 4 is 5.97 Å². The second-order valence-electron chi connectivity index (χ2n) is 6.89. The average Bonchev–Trinajstić information content (AvgIpc) is 2.65. The van der Waals surface area contributed by atoms with Gasteiger partial charge in [0, 0.05) is 6.54 Å². The molecule has 0 bridgehead atoms. The summed E-state index contributed by atoms with van der Waals surface area (Å²) in [6.07, 6.45) is 0.589. The molecule has 2 aromatic rings. The van der Waals surface area contributed by atoms with Gasteiger partial charge in [-0.2, -0.15) is 0 Å². The van der Waals surface area contributed by atoms with Gasteiger partial charge in [-0.3, -0.25) is 4.79 Å². The summed E-state index contributed by atoms with van der Waals surface area (Å²) in [6, 6.07) is 15.1. The van der Waals surface area contributed by atoms with Crippen LogP contribution in [0.15, 0.2) is 48.5 Å². The van der Waals surface area contributed by atoms with E-state index in [2.05, 4.69) is 5.32 Å². The zero-order chi connectivity index (χ0) is 19.6. The molecule has 0 fully saturated rings. The van der Waals surface area contributed by atoms with Crippen LogP contribution in [-0.4, -0.2) is 23.7 Å². The molecule has 0 saturated heterocycles. The van der Waals surface area contributed by atoms with Gasteiger partial charge in [-0.1, -0.05) is 50.2 Å². The van der Waals surface area contributed by atoms with Gasteiger partial charge in [0.1, 0.15) is 12.6 Å². The molecule has 146 valence electrons. The summed E-state index contributed by atoms with van der Waals surface area (Å²) in [5.74, 6) is 0.841. The van der Waals surface area contributed by atoms with Crippen LogP contribution in [-0.2, 0) is 17.9 Å². The summed E-state index contributed by atoms with van der Waals surface area (Å²) in [4.78, 5) is 11.4. The number of carboxylic acids is 1. The van der Waals surface area contributed by atoms with Crippen molar-refractivity contribution in [2.24, 2.45) is 5.92 Å². The molecule has 0 amide bonds. The normalized spacial score (nSPS) is 12.0. The lowest BCUT2D eigenvalue weighted by molar-refractivity contribution is -0.140. The van der Waals surface area contributed by atoms with Crippen LogP contribution in [0.25, 0.3) is 0 Å². The maximum Gasteiger partial charge on any atom is 0.320 e. The first-order valence-electron chi connectivity index (χ1n) is 9.38. The molecule has 0 aliphatic carbocycles. The highest BCUT2D eigenvalue weighted by atomic mass is 16.5. The summed E-state index contributed by atoms with van der Waals surface area (Å²) in [5.41, 5.74) is 2.05. The van der Waals surface area contributed by atoms with Crippen LogP contribution in [0.3, 0.4) is 0 Å². The Balaban J connectivity index is 2.03. The molecule has 0 spiro atoms. The molecule has 0 saturated carbocycles. The summed E-state index contributed by atoms with van der Waals surface area (Å²) in [6.45, 7) is 7.42. The maximum atomic E-state index is 11.4. The Morgan fingerprint density at radius 2 is 1.78 bits per heavy atom. The fraction of sp³-hybridized carbons (Fsp3) is 0.409. The highest BCUT2D eigenvalue weighted by Gasteiger charge is 2.18. The zero-order valence-corrected chi connectivity index (χ0v) is 16.3. The molecule has 0 aromatic heterocycles. The molecule has 0 radical (unpaired) electrons. The van der Waals surface area contributed by atoms with Crippen LogP contribution >= 0.6 is 0 Å². The lowest BCUT2D eigenvalue weighted by atomic mass is 10.0. The number of nitrogens with one attached hydrogen (secondary N) is 1. The number of benzene rings is 2. The van der Waals surface area contributed by atoms with Gasteiger partial charge in [-0.25, -0.2) is 0 Å². The third-order valence-electron chi connectivity index (χ3n) is 4.10.